The quantitative estimate of drug-likeness (QED) is 0.0947. The van der Waals surface area contributed by atoms with Gasteiger partial charge >= 0.3 is 19.8 Å². The number of rotatable bonds is 16. The van der Waals surface area contributed by atoms with Gasteiger partial charge in [0.15, 0.2) is 0 Å². The molecule has 0 saturated heterocycles. The second-order valence-electron chi connectivity index (χ2n) is 5.55. The number of carbonyl (C=O) groups excluding carboxylic acids is 2. The van der Waals surface area contributed by atoms with Gasteiger partial charge in [-0.1, -0.05) is 20.1 Å². The molecular formula is C17H29O9P. The summed E-state index contributed by atoms with van der Waals surface area (Å²) < 4.78 is 37.3. The third-order valence-electron chi connectivity index (χ3n) is 2.67. The minimum Gasteiger partial charge on any atom is -0.462 e. The van der Waals surface area contributed by atoms with Crippen molar-refractivity contribution in [3.63, 3.8) is 0 Å². The van der Waals surface area contributed by atoms with Crippen LogP contribution in [0.3, 0.4) is 0 Å². The van der Waals surface area contributed by atoms with Gasteiger partial charge in [-0.15, -0.1) is 4.67 Å². The van der Waals surface area contributed by atoms with Crippen molar-refractivity contribution in [1.29, 1.82) is 0 Å². The fourth-order valence-corrected chi connectivity index (χ4v) is 2.38. The first-order valence-corrected chi connectivity index (χ1v) is 10.0. The highest BCUT2D eigenvalue weighted by Gasteiger charge is 2.28. The highest BCUT2D eigenvalue weighted by atomic mass is 31.2. The molecule has 0 atom stereocenters. The molecule has 0 aromatic heterocycles. The van der Waals surface area contributed by atoms with Gasteiger partial charge in [0.2, 0.25) is 0 Å². The topological polar surface area (TPSA) is 107 Å². The van der Waals surface area contributed by atoms with Crippen molar-refractivity contribution in [1.82, 2.24) is 0 Å². The van der Waals surface area contributed by atoms with Crippen molar-refractivity contribution >= 4 is 19.8 Å². The maximum Gasteiger partial charge on any atom is 0.502 e. The lowest BCUT2D eigenvalue weighted by Crippen LogP contribution is -2.10. The van der Waals surface area contributed by atoms with E-state index < -0.39 is 19.8 Å². The lowest BCUT2D eigenvalue weighted by Gasteiger charge is -2.16. The Labute approximate surface area is 160 Å². The summed E-state index contributed by atoms with van der Waals surface area (Å²) in [7, 11) is -3.95. The van der Waals surface area contributed by atoms with E-state index >= 15 is 0 Å². The van der Waals surface area contributed by atoms with Crippen LogP contribution >= 0.6 is 7.82 Å². The molecule has 0 aromatic rings. The van der Waals surface area contributed by atoms with Crippen molar-refractivity contribution in [3.05, 3.63) is 24.3 Å². The van der Waals surface area contributed by atoms with Gasteiger partial charge in [-0.2, -0.15) is 0 Å². The predicted molar refractivity (Wildman–Crippen MR) is 97.6 cm³/mol. The Balaban J connectivity index is 4.23. The highest BCUT2D eigenvalue weighted by molar-refractivity contribution is 7.48. The summed E-state index contributed by atoms with van der Waals surface area (Å²) >= 11 is 0. The van der Waals surface area contributed by atoms with Gasteiger partial charge < -0.3 is 9.47 Å². The van der Waals surface area contributed by atoms with Crippen LogP contribution in [0.4, 0.5) is 0 Å². The molecule has 0 aliphatic carbocycles. The van der Waals surface area contributed by atoms with Crippen LogP contribution in [0.25, 0.3) is 0 Å². The Kier molecular flexibility index (Phi) is 13.7. The Morgan fingerprint density at radius 3 is 1.63 bits per heavy atom. The zero-order valence-electron chi connectivity index (χ0n) is 16.2. The fourth-order valence-electron chi connectivity index (χ4n) is 1.31. The van der Waals surface area contributed by atoms with Gasteiger partial charge in [0.25, 0.3) is 0 Å². The van der Waals surface area contributed by atoms with E-state index in [1.807, 2.05) is 6.92 Å². The van der Waals surface area contributed by atoms with Gasteiger partial charge in [0, 0.05) is 24.0 Å². The van der Waals surface area contributed by atoms with Crippen LogP contribution in [-0.2, 0) is 42.2 Å². The molecule has 0 amide bonds. The summed E-state index contributed by atoms with van der Waals surface area (Å²) in [5.74, 6) is -1.03. The number of hydrogen-bond donors (Lipinski definition) is 0. The monoisotopic (exact) mass is 408 g/mol. The molecule has 156 valence electrons. The van der Waals surface area contributed by atoms with E-state index in [4.69, 9.17) is 28.1 Å². The summed E-state index contributed by atoms with van der Waals surface area (Å²) in [6.45, 7) is 12.1. The van der Waals surface area contributed by atoms with Crippen LogP contribution in [0, 0.1) is 0 Å². The van der Waals surface area contributed by atoms with Crippen molar-refractivity contribution in [3.8, 4) is 0 Å². The van der Waals surface area contributed by atoms with Crippen LogP contribution in [0.2, 0.25) is 0 Å². The molecule has 27 heavy (non-hydrogen) atoms. The average Bonchev–Trinajstić information content (AvgIpc) is 2.60. The minimum absolute atomic E-state index is 0.0408. The van der Waals surface area contributed by atoms with Gasteiger partial charge in [0.1, 0.15) is 0 Å². The maximum atomic E-state index is 12.5. The molecule has 0 bridgehead atoms. The maximum absolute atomic E-state index is 12.5. The third kappa shape index (κ3) is 13.3. The number of esters is 2. The van der Waals surface area contributed by atoms with Gasteiger partial charge in [-0.25, -0.2) is 19.0 Å². The van der Waals surface area contributed by atoms with E-state index in [2.05, 4.69) is 13.2 Å². The van der Waals surface area contributed by atoms with E-state index in [1.165, 1.54) is 13.8 Å². The molecule has 0 fully saturated rings. The van der Waals surface area contributed by atoms with E-state index in [0.717, 1.165) is 0 Å². The van der Waals surface area contributed by atoms with Crippen LogP contribution in [0.5, 0.6) is 0 Å². The lowest BCUT2D eigenvalue weighted by molar-refractivity contribution is -0.226. The molecule has 0 aliphatic rings. The van der Waals surface area contributed by atoms with Crippen molar-refractivity contribution < 1.29 is 42.2 Å². The molecule has 10 heteroatoms. The summed E-state index contributed by atoms with van der Waals surface area (Å²) in [4.78, 5) is 27.3. The lowest BCUT2D eigenvalue weighted by atomic mass is 10.4. The standard InChI is InChI=1S/C17H29O9P/c1-6-9-23-26-27(20,24-12-7-10-21-16(18)14(2)3)25-13-8-11-22-17(19)15(4)5/h2,4,6-13H2,1,3,5H3. The molecule has 0 rings (SSSR count). The fraction of sp³-hybridized carbons (Fsp3) is 0.647. The molecule has 0 saturated carbocycles. The van der Waals surface area contributed by atoms with Gasteiger partial charge in [0.05, 0.1) is 33.0 Å². The zero-order chi connectivity index (χ0) is 20.7. The Morgan fingerprint density at radius 2 is 1.26 bits per heavy atom. The zero-order valence-corrected chi connectivity index (χ0v) is 17.1. The molecule has 0 N–H and O–H groups in total. The molecule has 0 aliphatic heterocycles. The Bertz CT molecular complexity index is 505. The number of carbonyl (C=O) groups is 2. The molecule has 0 heterocycles. The molecule has 0 aromatic carbocycles. The summed E-state index contributed by atoms with van der Waals surface area (Å²) in [5.41, 5.74) is 0.571. The van der Waals surface area contributed by atoms with Crippen molar-refractivity contribution in [2.24, 2.45) is 0 Å². The van der Waals surface area contributed by atoms with Crippen LogP contribution < -0.4 is 0 Å². The first-order chi connectivity index (χ1) is 12.7. The second kappa shape index (κ2) is 14.5. The Hall–Kier alpha value is -1.51. The van der Waals surface area contributed by atoms with Gasteiger partial charge in [-0.3, -0.25) is 9.05 Å². The largest absolute Gasteiger partial charge is 0.502 e. The average molecular weight is 408 g/mol. The summed E-state index contributed by atoms with van der Waals surface area (Å²) in [5, 5.41) is 0. The number of phosphoric ester groups is 1. The summed E-state index contributed by atoms with van der Waals surface area (Å²) in [6.07, 6.45) is 1.20. The highest BCUT2D eigenvalue weighted by Crippen LogP contribution is 2.49. The smallest absolute Gasteiger partial charge is 0.462 e. The van der Waals surface area contributed by atoms with Crippen LogP contribution in [0.15, 0.2) is 24.3 Å². The van der Waals surface area contributed by atoms with E-state index in [1.54, 1.807) is 0 Å². The van der Waals surface area contributed by atoms with Crippen molar-refractivity contribution in [2.75, 3.05) is 33.0 Å². The van der Waals surface area contributed by atoms with E-state index in [9.17, 15) is 14.2 Å². The van der Waals surface area contributed by atoms with E-state index in [0.29, 0.717) is 6.42 Å². The SMILES string of the molecule is C=C(C)C(=O)OCCCOP(=O)(OCCCOC(=O)C(=C)C)OOCCC. The molecule has 9 nitrogen and oxygen atoms in total. The predicted octanol–water partition coefficient (Wildman–Crippen LogP) is 3.50. The third-order valence-corrected chi connectivity index (χ3v) is 3.96. The number of ether oxygens (including phenoxy) is 2. The first-order valence-electron chi connectivity index (χ1n) is 8.57. The van der Waals surface area contributed by atoms with E-state index in [-0.39, 0.29) is 57.0 Å². The molecular weight excluding hydrogens is 379 g/mol. The van der Waals surface area contributed by atoms with Crippen LogP contribution in [0.1, 0.15) is 40.0 Å². The first kappa shape index (κ1) is 25.5. The summed E-state index contributed by atoms with van der Waals surface area (Å²) in [6, 6.07) is 0. The second-order valence-corrected chi connectivity index (χ2v) is 7.11. The molecule has 0 spiro atoms. The molecule has 0 radical (unpaired) electrons. The normalized spacial score (nSPS) is 11.1. The minimum atomic E-state index is -3.95. The van der Waals surface area contributed by atoms with Gasteiger partial charge in [-0.05, 0) is 20.3 Å². The number of phosphoric acid groups is 1. The Morgan fingerprint density at radius 1 is 0.815 bits per heavy atom. The van der Waals surface area contributed by atoms with Crippen molar-refractivity contribution in [2.45, 2.75) is 40.0 Å². The van der Waals surface area contributed by atoms with Crippen LogP contribution in [-0.4, -0.2) is 45.0 Å². The molecule has 0 unspecified atom stereocenters. The number of hydrogen-bond acceptors (Lipinski definition) is 9.